The van der Waals surface area contributed by atoms with Gasteiger partial charge in [0, 0.05) is 24.0 Å². The van der Waals surface area contributed by atoms with Crippen molar-refractivity contribution in [1.82, 2.24) is 5.32 Å². The van der Waals surface area contributed by atoms with E-state index in [1.54, 1.807) is 7.05 Å². The smallest absolute Gasteiger partial charge is 0.181 e. The Morgan fingerprint density at radius 3 is 2.41 bits per heavy atom. The molecule has 1 aromatic carbocycles. The maximum atomic E-state index is 12.3. The third-order valence-corrected chi connectivity index (χ3v) is 5.34. The van der Waals surface area contributed by atoms with Crippen molar-refractivity contribution < 1.29 is 18.6 Å². The SMILES string of the molecule is CNC(CCO)CCc1c(N)cc(N)cc1S(=O)(=O)CCO. The summed E-state index contributed by atoms with van der Waals surface area (Å²) < 4.78 is 24.5. The highest BCUT2D eigenvalue weighted by atomic mass is 32.2. The molecule has 0 saturated carbocycles. The quantitative estimate of drug-likeness (QED) is 0.385. The van der Waals surface area contributed by atoms with Crippen LogP contribution in [-0.4, -0.2) is 50.7 Å². The number of aliphatic hydroxyl groups excluding tert-OH is 2. The highest BCUT2D eigenvalue weighted by molar-refractivity contribution is 7.91. The minimum absolute atomic E-state index is 0.0540. The second-order valence-electron chi connectivity index (χ2n) is 5.17. The van der Waals surface area contributed by atoms with Crippen LogP contribution in [-0.2, 0) is 16.3 Å². The Morgan fingerprint density at radius 1 is 1.18 bits per heavy atom. The number of benzene rings is 1. The number of hydrogen-bond acceptors (Lipinski definition) is 7. The molecule has 0 saturated heterocycles. The van der Waals surface area contributed by atoms with Crippen LogP contribution in [0, 0.1) is 0 Å². The molecule has 22 heavy (non-hydrogen) atoms. The molecule has 0 fully saturated rings. The van der Waals surface area contributed by atoms with Crippen molar-refractivity contribution >= 4 is 21.2 Å². The molecule has 0 aliphatic rings. The average Bonchev–Trinajstić information content (AvgIpc) is 2.44. The maximum absolute atomic E-state index is 12.3. The maximum Gasteiger partial charge on any atom is 0.181 e. The Labute approximate surface area is 131 Å². The van der Waals surface area contributed by atoms with Crippen LogP contribution in [0.5, 0.6) is 0 Å². The number of nitrogen functional groups attached to an aromatic ring is 2. The second kappa shape index (κ2) is 8.33. The molecular formula is C14H25N3O4S. The largest absolute Gasteiger partial charge is 0.399 e. The molecule has 0 aromatic heterocycles. The zero-order chi connectivity index (χ0) is 16.8. The van der Waals surface area contributed by atoms with Crippen molar-refractivity contribution in [3.8, 4) is 0 Å². The molecule has 1 unspecified atom stereocenters. The Bertz CT molecular complexity index is 590. The number of hydrogen-bond donors (Lipinski definition) is 5. The monoisotopic (exact) mass is 331 g/mol. The fraction of sp³-hybridized carbons (Fsp3) is 0.571. The summed E-state index contributed by atoms with van der Waals surface area (Å²) in [4.78, 5) is 0.0814. The van der Waals surface area contributed by atoms with Crippen LogP contribution in [0.4, 0.5) is 11.4 Å². The third-order valence-electron chi connectivity index (χ3n) is 3.59. The standard InChI is InChI=1S/C14H25N3O4S/c1-17-11(4-5-18)2-3-12-13(16)8-10(15)9-14(12)22(20,21)7-6-19/h8-9,11,17-19H,2-7,15-16H2,1H3. The number of aliphatic hydroxyl groups is 2. The molecule has 1 rings (SSSR count). The Balaban J connectivity index is 3.12. The normalized spacial score (nSPS) is 13.2. The van der Waals surface area contributed by atoms with Gasteiger partial charge in [-0.05, 0) is 44.0 Å². The van der Waals surface area contributed by atoms with Gasteiger partial charge in [-0.2, -0.15) is 0 Å². The zero-order valence-electron chi connectivity index (χ0n) is 12.7. The number of sulfone groups is 1. The van der Waals surface area contributed by atoms with Gasteiger partial charge in [-0.25, -0.2) is 8.42 Å². The topological polar surface area (TPSA) is 139 Å². The summed E-state index contributed by atoms with van der Waals surface area (Å²) >= 11 is 0. The van der Waals surface area contributed by atoms with E-state index < -0.39 is 16.4 Å². The average molecular weight is 331 g/mol. The van der Waals surface area contributed by atoms with Gasteiger partial charge in [0.1, 0.15) is 0 Å². The van der Waals surface area contributed by atoms with Gasteiger partial charge in [0.2, 0.25) is 0 Å². The molecular weight excluding hydrogens is 306 g/mol. The molecule has 126 valence electrons. The van der Waals surface area contributed by atoms with Crippen LogP contribution in [0.15, 0.2) is 17.0 Å². The lowest BCUT2D eigenvalue weighted by atomic mass is 10.0. The first-order valence-electron chi connectivity index (χ1n) is 7.15. The molecule has 0 radical (unpaired) electrons. The highest BCUT2D eigenvalue weighted by Crippen LogP contribution is 2.28. The van der Waals surface area contributed by atoms with E-state index in [1.807, 2.05) is 0 Å². The molecule has 0 aliphatic heterocycles. The van der Waals surface area contributed by atoms with Crippen LogP contribution in [0.1, 0.15) is 18.4 Å². The highest BCUT2D eigenvalue weighted by Gasteiger charge is 2.21. The molecule has 1 atom stereocenters. The van der Waals surface area contributed by atoms with Gasteiger partial charge in [0.05, 0.1) is 17.3 Å². The van der Waals surface area contributed by atoms with Crippen LogP contribution in [0.2, 0.25) is 0 Å². The van der Waals surface area contributed by atoms with Gasteiger partial charge >= 0.3 is 0 Å². The summed E-state index contributed by atoms with van der Waals surface area (Å²) in [7, 11) is -1.84. The van der Waals surface area contributed by atoms with Crippen molar-refractivity contribution in [2.24, 2.45) is 0 Å². The van der Waals surface area contributed by atoms with Crippen LogP contribution >= 0.6 is 0 Å². The first-order chi connectivity index (χ1) is 10.4. The molecule has 0 heterocycles. The van der Waals surface area contributed by atoms with Crippen molar-refractivity contribution in [1.29, 1.82) is 0 Å². The third kappa shape index (κ3) is 4.84. The van der Waals surface area contributed by atoms with E-state index in [2.05, 4.69) is 5.32 Å². The molecule has 0 bridgehead atoms. The van der Waals surface area contributed by atoms with E-state index in [4.69, 9.17) is 21.7 Å². The van der Waals surface area contributed by atoms with Crippen LogP contribution < -0.4 is 16.8 Å². The van der Waals surface area contributed by atoms with Gasteiger partial charge in [-0.15, -0.1) is 0 Å². The molecule has 8 heteroatoms. The summed E-state index contributed by atoms with van der Waals surface area (Å²) in [6, 6.07) is 2.99. The Kier molecular flexibility index (Phi) is 7.08. The van der Waals surface area contributed by atoms with Crippen molar-refractivity contribution in [2.45, 2.75) is 30.2 Å². The summed E-state index contributed by atoms with van der Waals surface area (Å²) in [5, 5.41) is 21.0. The Morgan fingerprint density at radius 2 is 1.86 bits per heavy atom. The van der Waals surface area contributed by atoms with Crippen LogP contribution in [0.3, 0.4) is 0 Å². The summed E-state index contributed by atoms with van der Waals surface area (Å²) in [5.74, 6) is -0.366. The van der Waals surface area contributed by atoms with Gasteiger partial charge in [-0.1, -0.05) is 0 Å². The number of nitrogens with one attached hydrogen (secondary N) is 1. The second-order valence-corrected chi connectivity index (χ2v) is 7.24. The van der Waals surface area contributed by atoms with Gasteiger partial charge < -0.3 is 27.0 Å². The predicted molar refractivity (Wildman–Crippen MR) is 87.3 cm³/mol. The molecule has 7 N–H and O–H groups in total. The van der Waals surface area contributed by atoms with Crippen molar-refractivity contribution in [2.75, 3.05) is 37.5 Å². The van der Waals surface area contributed by atoms with E-state index in [9.17, 15) is 8.42 Å². The molecule has 1 aromatic rings. The minimum Gasteiger partial charge on any atom is -0.399 e. The van der Waals surface area contributed by atoms with Crippen molar-refractivity contribution in [3.63, 3.8) is 0 Å². The predicted octanol–water partition coefficient (Wildman–Crippen LogP) is -0.480. The molecule has 0 amide bonds. The summed E-state index contributed by atoms with van der Waals surface area (Å²) in [6.07, 6.45) is 1.65. The number of nitrogens with two attached hydrogens (primary N) is 2. The molecule has 7 nitrogen and oxygen atoms in total. The van der Waals surface area contributed by atoms with E-state index >= 15 is 0 Å². The van der Waals surface area contributed by atoms with E-state index in [-0.39, 0.29) is 29.0 Å². The molecule has 0 spiro atoms. The molecule has 0 aliphatic carbocycles. The lowest BCUT2D eigenvalue weighted by molar-refractivity contribution is 0.264. The minimum atomic E-state index is -3.63. The lowest BCUT2D eigenvalue weighted by Crippen LogP contribution is -2.27. The van der Waals surface area contributed by atoms with Crippen LogP contribution in [0.25, 0.3) is 0 Å². The van der Waals surface area contributed by atoms with E-state index in [0.717, 1.165) is 0 Å². The number of anilines is 2. The first-order valence-corrected chi connectivity index (χ1v) is 8.80. The van der Waals surface area contributed by atoms with Gasteiger partial charge in [0.25, 0.3) is 0 Å². The zero-order valence-corrected chi connectivity index (χ0v) is 13.6. The first kappa shape index (κ1) is 18.7. The fourth-order valence-electron chi connectivity index (χ4n) is 2.37. The van der Waals surface area contributed by atoms with E-state index in [1.165, 1.54) is 12.1 Å². The van der Waals surface area contributed by atoms with Gasteiger partial charge in [-0.3, -0.25) is 0 Å². The number of rotatable bonds is 9. The van der Waals surface area contributed by atoms with Crippen molar-refractivity contribution in [3.05, 3.63) is 17.7 Å². The fourth-order valence-corrected chi connectivity index (χ4v) is 3.74. The lowest BCUT2D eigenvalue weighted by Gasteiger charge is -2.18. The summed E-state index contributed by atoms with van der Waals surface area (Å²) in [6.45, 7) is -0.404. The summed E-state index contributed by atoms with van der Waals surface area (Å²) in [5.41, 5.74) is 12.8. The Hall–Kier alpha value is -1.35. The van der Waals surface area contributed by atoms with Gasteiger partial charge in [0.15, 0.2) is 9.84 Å². The van der Waals surface area contributed by atoms with E-state index in [0.29, 0.717) is 30.5 Å².